The molecule has 0 aromatic carbocycles. The lowest BCUT2D eigenvalue weighted by atomic mass is 10.0. The van der Waals surface area contributed by atoms with Crippen LogP contribution in [-0.4, -0.2) is 59.1 Å². The van der Waals surface area contributed by atoms with Crippen molar-refractivity contribution >= 4 is 22.4 Å². The van der Waals surface area contributed by atoms with Crippen LogP contribution in [-0.2, 0) is 18.7 Å². The molecule has 3 atom stereocenters. The Balaban J connectivity index is 4.63. The van der Waals surface area contributed by atoms with Gasteiger partial charge in [0.2, 0.25) is 0 Å². The highest BCUT2D eigenvalue weighted by atomic mass is 28.4. The van der Waals surface area contributed by atoms with Crippen LogP contribution in [0.25, 0.3) is 0 Å². The number of hydrogen-bond acceptors (Lipinski definition) is 5. The van der Waals surface area contributed by atoms with E-state index in [1.54, 1.807) is 6.92 Å². The maximum absolute atomic E-state index is 11.4. The Labute approximate surface area is 200 Å². The zero-order chi connectivity index (χ0) is 25.0. The second kappa shape index (κ2) is 14.7. The van der Waals surface area contributed by atoms with Crippen molar-refractivity contribution in [2.45, 2.75) is 122 Å². The first kappa shape index (κ1) is 31.5. The van der Waals surface area contributed by atoms with Crippen LogP contribution < -0.4 is 0 Å². The van der Waals surface area contributed by atoms with Gasteiger partial charge in [0.05, 0.1) is 14.7 Å². The summed E-state index contributed by atoms with van der Waals surface area (Å²) < 4.78 is 17.6. The largest absolute Gasteiger partial charge is 0.460 e. The summed E-state index contributed by atoms with van der Waals surface area (Å²) in [4.78, 5) is 11.4. The summed E-state index contributed by atoms with van der Waals surface area (Å²) >= 11 is 0. The molecule has 1 N–H and O–H groups in total. The molecule has 0 aliphatic carbocycles. The molecule has 0 aliphatic heterocycles. The Hall–Kier alpha value is -0.476. The van der Waals surface area contributed by atoms with Gasteiger partial charge >= 0.3 is 5.97 Å². The fourth-order valence-corrected chi connectivity index (χ4v) is 11.6. The lowest BCUT2D eigenvalue weighted by molar-refractivity contribution is -0.143. The van der Waals surface area contributed by atoms with Gasteiger partial charge in [0.1, 0.15) is 12.7 Å². The van der Waals surface area contributed by atoms with Gasteiger partial charge in [-0.15, -0.1) is 0 Å². The van der Waals surface area contributed by atoms with E-state index in [2.05, 4.69) is 60.5 Å². The molecule has 0 fully saturated rings. The molecule has 0 saturated heterocycles. The quantitative estimate of drug-likeness (QED) is 0.103. The molecule has 7 heteroatoms. The topological polar surface area (TPSA) is 65.0 Å². The van der Waals surface area contributed by atoms with Gasteiger partial charge in [-0.2, -0.15) is 0 Å². The molecular formula is C25H52O5Si2. The smallest absolute Gasteiger partial charge is 0.333 e. The minimum absolute atomic E-state index is 0.0639. The molecule has 0 rings (SSSR count). The molecule has 0 spiro atoms. The number of rotatable bonds is 18. The van der Waals surface area contributed by atoms with Gasteiger partial charge in [-0.3, -0.25) is 0 Å². The van der Waals surface area contributed by atoms with Crippen LogP contribution in [0.2, 0.25) is 37.3 Å². The zero-order valence-corrected chi connectivity index (χ0v) is 24.5. The van der Waals surface area contributed by atoms with Crippen molar-refractivity contribution in [1.82, 2.24) is 0 Å². The first-order chi connectivity index (χ1) is 14.8. The first-order valence-corrected chi connectivity index (χ1v) is 18.7. The molecule has 0 bridgehead atoms. The minimum atomic E-state index is -1.86. The van der Waals surface area contributed by atoms with E-state index in [-0.39, 0.29) is 13.2 Å². The number of carbonyl (C=O) groups is 1. The van der Waals surface area contributed by atoms with Crippen LogP contribution in [0.5, 0.6) is 0 Å². The average Bonchev–Trinajstić information content (AvgIpc) is 2.73. The molecule has 0 saturated carbocycles. The number of aliphatic hydroxyl groups is 1. The third-order valence-electron chi connectivity index (χ3n) is 7.17. The summed E-state index contributed by atoms with van der Waals surface area (Å²) in [5, 5.41) is 10.2. The van der Waals surface area contributed by atoms with Crippen LogP contribution in [0.4, 0.5) is 0 Å². The zero-order valence-electron chi connectivity index (χ0n) is 22.5. The first-order valence-electron chi connectivity index (χ1n) is 12.5. The minimum Gasteiger partial charge on any atom is -0.460 e. The third-order valence-corrected chi connectivity index (χ3v) is 15.7. The SMILES string of the molecule is C=C(C)C(=O)OCC(O)COCCC[Si](C)(C)C(CC)O[Si](C)(C)C(C)(CC)CCCC. The monoisotopic (exact) mass is 488 g/mol. The fraction of sp³-hybridized carbons (Fsp3) is 0.880. The van der Waals surface area contributed by atoms with Crippen LogP contribution in [0.3, 0.4) is 0 Å². The van der Waals surface area contributed by atoms with E-state index in [0.29, 0.717) is 22.9 Å². The number of aliphatic hydroxyl groups excluding tert-OH is 1. The lowest BCUT2D eigenvalue weighted by Crippen LogP contribution is -2.53. The van der Waals surface area contributed by atoms with Crippen LogP contribution in [0.1, 0.15) is 73.1 Å². The second-order valence-corrected chi connectivity index (χ2v) is 20.3. The Morgan fingerprint density at radius 2 is 1.72 bits per heavy atom. The molecule has 3 unspecified atom stereocenters. The molecule has 0 aliphatic rings. The predicted octanol–water partition coefficient (Wildman–Crippen LogP) is 6.48. The summed E-state index contributed by atoms with van der Waals surface area (Å²) in [5.41, 5.74) is 0.692. The number of ether oxygens (including phenoxy) is 2. The molecule has 0 heterocycles. The lowest BCUT2D eigenvalue weighted by Gasteiger charge is -2.47. The van der Waals surface area contributed by atoms with Crippen molar-refractivity contribution in [1.29, 1.82) is 0 Å². The van der Waals surface area contributed by atoms with E-state index in [0.717, 1.165) is 18.9 Å². The third kappa shape index (κ3) is 10.6. The highest BCUT2D eigenvalue weighted by molar-refractivity contribution is 6.81. The number of unbranched alkanes of at least 4 members (excludes halogenated alkanes) is 1. The van der Waals surface area contributed by atoms with E-state index in [1.165, 1.54) is 25.7 Å². The highest BCUT2D eigenvalue weighted by Crippen LogP contribution is 2.47. The van der Waals surface area contributed by atoms with Crippen LogP contribution in [0, 0.1) is 0 Å². The van der Waals surface area contributed by atoms with Gasteiger partial charge in [-0.25, -0.2) is 4.79 Å². The van der Waals surface area contributed by atoms with Gasteiger partial charge in [0.15, 0.2) is 8.32 Å². The van der Waals surface area contributed by atoms with E-state index in [9.17, 15) is 9.90 Å². The van der Waals surface area contributed by atoms with Crippen molar-refractivity contribution in [3.63, 3.8) is 0 Å². The molecule has 0 radical (unpaired) electrons. The van der Waals surface area contributed by atoms with E-state index >= 15 is 0 Å². The molecule has 190 valence electrons. The summed E-state index contributed by atoms with van der Waals surface area (Å²) in [7, 11) is -3.46. The van der Waals surface area contributed by atoms with Crippen molar-refractivity contribution < 1.29 is 23.8 Å². The maximum Gasteiger partial charge on any atom is 0.333 e. The molecular weight excluding hydrogens is 436 g/mol. The Morgan fingerprint density at radius 3 is 2.22 bits per heavy atom. The van der Waals surface area contributed by atoms with Crippen LogP contribution in [0.15, 0.2) is 12.2 Å². The summed E-state index contributed by atoms with van der Waals surface area (Å²) in [6, 6.07) is 1.13. The van der Waals surface area contributed by atoms with E-state index in [4.69, 9.17) is 13.9 Å². The van der Waals surface area contributed by atoms with E-state index < -0.39 is 28.5 Å². The Morgan fingerprint density at radius 1 is 1.09 bits per heavy atom. The Kier molecular flexibility index (Phi) is 14.5. The summed E-state index contributed by atoms with van der Waals surface area (Å²) in [6.07, 6.45) is 6.17. The molecule has 0 aromatic heterocycles. The van der Waals surface area contributed by atoms with Gasteiger partial charge in [-0.1, -0.05) is 72.7 Å². The second-order valence-electron chi connectivity index (χ2n) is 10.7. The number of esters is 1. The van der Waals surface area contributed by atoms with Gasteiger partial charge < -0.3 is 19.0 Å². The average molecular weight is 489 g/mol. The standard InChI is InChI=1S/C25H52O5Si2/c1-11-14-16-25(6,13-3)32(9,10)30-23(12-2)31(7,8)18-15-17-28-19-22(26)20-29-24(27)21(4)5/h22-23,26H,4,11-20H2,1-3,5-10H3. The highest BCUT2D eigenvalue weighted by Gasteiger charge is 2.46. The normalized spacial score (nSPS) is 16.3. The van der Waals surface area contributed by atoms with Crippen molar-refractivity contribution in [2.75, 3.05) is 19.8 Å². The predicted molar refractivity (Wildman–Crippen MR) is 140 cm³/mol. The maximum atomic E-state index is 11.4. The Bertz CT molecular complexity index is 565. The van der Waals surface area contributed by atoms with Gasteiger partial charge in [-0.05, 0) is 44.3 Å². The van der Waals surface area contributed by atoms with Crippen LogP contribution >= 0.6 is 0 Å². The number of carbonyl (C=O) groups excluding carboxylic acids is 1. The van der Waals surface area contributed by atoms with Crippen molar-refractivity contribution in [2.24, 2.45) is 0 Å². The molecule has 0 amide bonds. The summed E-state index contributed by atoms with van der Waals surface area (Å²) in [6.45, 7) is 24.8. The van der Waals surface area contributed by atoms with Gasteiger partial charge in [0.25, 0.3) is 0 Å². The molecule has 32 heavy (non-hydrogen) atoms. The summed E-state index contributed by atoms with van der Waals surface area (Å²) in [5.74, 6) is -0.484. The van der Waals surface area contributed by atoms with Crippen molar-refractivity contribution in [3.8, 4) is 0 Å². The molecule has 0 aromatic rings. The molecule has 5 nitrogen and oxygen atoms in total. The number of hydrogen-bond donors (Lipinski definition) is 1. The van der Waals surface area contributed by atoms with E-state index in [1.807, 2.05) is 0 Å². The fourth-order valence-electron chi connectivity index (χ4n) is 4.12. The van der Waals surface area contributed by atoms with Gasteiger partial charge in [0, 0.05) is 17.9 Å². The van der Waals surface area contributed by atoms with Crippen molar-refractivity contribution in [3.05, 3.63) is 12.2 Å².